The lowest BCUT2D eigenvalue weighted by atomic mass is 10.3. The molecule has 1 aromatic carbocycles. The predicted molar refractivity (Wildman–Crippen MR) is 83.4 cm³/mol. The van der Waals surface area contributed by atoms with Crippen LogP contribution in [-0.4, -0.2) is 23.3 Å². The smallest absolute Gasteiger partial charge is 0.419 e. The summed E-state index contributed by atoms with van der Waals surface area (Å²) in [4.78, 5) is 21.3. The maximum atomic E-state index is 13.0. The Morgan fingerprint density at radius 1 is 1.30 bits per heavy atom. The fourth-order valence-corrected chi connectivity index (χ4v) is 3.81. The second kappa shape index (κ2) is 8.64. The van der Waals surface area contributed by atoms with Crippen LogP contribution in [-0.2, 0) is 18.6 Å². The molecular weight excluding hydrogens is 325 g/mol. The van der Waals surface area contributed by atoms with Gasteiger partial charge < -0.3 is 9.26 Å². The van der Waals surface area contributed by atoms with Gasteiger partial charge in [0.05, 0.1) is 11.5 Å². The molecule has 0 bridgehead atoms. The van der Waals surface area contributed by atoms with Crippen LogP contribution in [0.2, 0.25) is 0 Å². The highest BCUT2D eigenvalue weighted by atomic mass is 31.2. The molecule has 2 unspecified atom stereocenters. The van der Waals surface area contributed by atoms with Crippen LogP contribution >= 0.6 is 7.60 Å². The van der Waals surface area contributed by atoms with Crippen molar-refractivity contribution in [2.75, 3.05) is 6.61 Å². The van der Waals surface area contributed by atoms with Gasteiger partial charge in [0.25, 0.3) is 5.69 Å². The molecule has 0 N–H and O–H groups in total. The highest BCUT2D eigenvalue weighted by Crippen LogP contribution is 2.54. The van der Waals surface area contributed by atoms with Gasteiger partial charge in [0.2, 0.25) is 5.85 Å². The highest BCUT2D eigenvalue weighted by Gasteiger charge is 2.39. The number of nitrogens with zero attached hydrogens (tertiary/aromatic N) is 1. The normalized spacial score (nSPS) is 14.6. The maximum Gasteiger partial charge on any atom is 0.419 e. The monoisotopic (exact) mass is 345 g/mol. The molecule has 1 aromatic rings. The maximum absolute atomic E-state index is 13.0. The number of carbonyl (C=O) groups is 1. The molecule has 0 saturated carbocycles. The molecule has 9 heteroatoms. The van der Waals surface area contributed by atoms with Crippen molar-refractivity contribution in [3.05, 3.63) is 34.4 Å². The number of hydrogen-bond acceptors (Lipinski definition) is 7. The molecule has 0 amide bonds. The van der Waals surface area contributed by atoms with E-state index in [1.807, 2.05) is 6.92 Å². The number of nitro benzene ring substituents is 1. The second-order valence-electron chi connectivity index (χ2n) is 4.65. The minimum absolute atomic E-state index is 0.103. The van der Waals surface area contributed by atoms with Crippen LogP contribution in [0.4, 0.5) is 5.69 Å². The van der Waals surface area contributed by atoms with Gasteiger partial charge in [-0.15, -0.1) is 0 Å². The zero-order valence-corrected chi connectivity index (χ0v) is 14.2. The number of non-ortho nitro benzene ring substituents is 1. The van der Waals surface area contributed by atoms with Crippen molar-refractivity contribution in [1.29, 1.82) is 0 Å². The number of hydrogen-bond donors (Lipinski definition) is 0. The van der Waals surface area contributed by atoms with E-state index in [0.717, 1.165) is 0 Å². The summed E-state index contributed by atoms with van der Waals surface area (Å²) in [5, 5.41) is 10.6. The Morgan fingerprint density at radius 2 is 1.91 bits per heavy atom. The molecule has 0 fully saturated rings. The van der Waals surface area contributed by atoms with Gasteiger partial charge in [-0.2, -0.15) is 0 Å². The molecule has 0 radical (unpaired) electrons. The molecule has 0 heterocycles. The fourth-order valence-electron chi connectivity index (χ4n) is 1.84. The Bertz CT molecular complexity index is 587. The molecular formula is C14H20NO7P. The average molecular weight is 345 g/mol. The summed E-state index contributed by atoms with van der Waals surface area (Å²) in [5.74, 6) is -1.48. The zero-order valence-electron chi connectivity index (χ0n) is 13.3. The van der Waals surface area contributed by atoms with Crippen LogP contribution < -0.4 is 4.52 Å². The quantitative estimate of drug-likeness (QED) is 0.289. The molecule has 0 aromatic heterocycles. The molecule has 0 saturated heterocycles. The summed E-state index contributed by atoms with van der Waals surface area (Å²) < 4.78 is 28.7. The molecule has 0 aliphatic heterocycles. The van der Waals surface area contributed by atoms with E-state index in [1.165, 1.54) is 31.2 Å². The standard InChI is InChI=1S/C14H20NO7P/c1-4-6-14(21-11(3)16)23(19,20-5-2)22-13-9-7-12(8-10-13)15(17)18/h7-10,14H,4-6H2,1-3H3. The predicted octanol–water partition coefficient (Wildman–Crippen LogP) is 3.89. The van der Waals surface area contributed by atoms with Crippen molar-refractivity contribution in [2.24, 2.45) is 0 Å². The van der Waals surface area contributed by atoms with Gasteiger partial charge >= 0.3 is 13.6 Å². The van der Waals surface area contributed by atoms with Crippen LogP contribution in [0, 0.1) is 10.1 Å². The lowest BCUT2D eigenvalue weighted by Gasteiger charge is -2.26. The lowest BCUT2D eigenvalue weighted by molar-refractivity contribution is -0.384. The van der Waals surface area contributed by atoms with E-state index in [0.29, 0.717) is 12.8 Å². The van der Waals surface area contributed by atoms with Crippen LogP contribution in [0.3, 0.4) is 0 Å². The van der Waals surface area contributed by atoms with Gasteiger partial charge in [-0.1, -0.05) is 13.3 Å². The summed E-state index contributed by atoms with van der Waals surface area (Å²) in [7, 11) is -3.77. The van der Waals surface area contributed by atoms with Gasteiger partial charge in [-0.05, 0) is 25.5 Å². The summed E-state index contributed by atoms with van der Waals surface area (Å²) in [6.07, 6.45) is 0.919. The number of rotatable bonds is 9. The molecule has 2 atom stereocenters. The Labute approximate surface area is 134 Å². The topological polar surface area (TPSA) is 105 Å². The van der Waals surface area contributed by atoms with Crippen LogP contribution in [0.1, 0.15) is 33.6 Å². The minimum atomic E-state index is -3.77. The third kappa shape index (κ3) is 5.65. The first-order valence-corrected chi connectivity index (χ1v) is 8.79. The number of esters is 1. The lowest BCUT2D eigenvalue weighted by Crippen LogP contribution is -2.21. The van der Waals surface area contributed by atoms with Crippen LogP contribution in [0.15, 0.2) is 24.3 Å². The van der Waals surface area contributed by atoms with E-state index in [1.54, 1.807) is 6.92 Å². The molecule has 0 spiro atoms. The molecule has 1 rings (SSSR count). The molecule has 0 aliphatic carbocycles. The number of benzene rings is 1. The largest absolute Gasteiger partial charge is 0.448 e. The van der Waals surface area contributed by atoms with Crippen molar-refractivity contribution in [2.45, 2.75) is 39.5 Å². The van der Waals surface area contributed by atoms with E-state index in [9.17, 15) is 19.5 Å². The van der Waals surface area contributed by atoms with Crippen molar-refractivity contribution < 1.29 is 28.1 Å². The molecule has 0 aliphatic rings. The van der Waals surface area contributed by atoms with Crippen LogP contribution in [0.25, 0.3) is 0 Å². The first kappa shape index (κ1) is 19.1. The Kier molecular flexibility index (Phi) is 7.19. The van der Waals surface area contributed by atoms with Crippen LogP contribution in [0.5, 0.6) is 5.75 Å². The third-order valence-electron chi connectivity index (χ3n) is 2.78. The molecule has 8 nitrogen and oxygen atoms in total. The Hall–Kier alpha value is -1.92. The van der Waals surface area contributed by atoms with Crippen molar-refractivity contribution >= 4 is 19.3 Å². The van der Waals surface area contributed by atoms with E-state index in [-0.39, 0.29) is 18.0 Å². The summed E-state index contributed by atoms with van der Waals surface area (Å²) in [6.45, 7) is 4.80. The fraction of sp³-hybridized carbons (Fsp3) is 0.500. The van der Waals surface area contributed by atoms with Crippen molar-refractivity contribution in [3.63, 3.8) is 0 Å². The van der Waals surface area contributed by atoms with Gasteiger partial charge in [-0.3, -0.25) is 19.4 Å². The zero-order chi connectivity index (χ0) is 17.5. The van der Waals surface area contributed by atoms with E-state index >= 15 is 0 Å². The number of carbonyl (C=O) groups excluding carboxylic acids is 1. The summed E-state index contributed by atoms with van der Waals surface area (Å²) >= 11 is 0. The van der Waals surface area contributed by atoms with Gasteiger partial charge in [-0.25, -0.2) is 4.57 Å². The van der Waals surface area contributed by atoms with E-state index in [4.69, 9.17) is 13.8 Å². The summed E-state index contributed by atoms with van der Waals surface area (Å²) in [6, 6.07) is 5.10. The number of ether oxygens (including phenoxy) is 1. The highest BCUT2D eigenvalue weighted by molar-refractivity contribution is 7.54. The first-order valence-electron chi connectivity index (χ1n) is 7.18. The van der Waals surface area contributed by atoms with Gasteiger partial charge in [0.1, 0.15) is 5.75 Å². The molecule has 128 valence electrons. The Morgan fingerprint density at radius 3 is 2.35 bits per heavy atom. The molecule has 23 heavy (non-hydrogen) atoms. The Balaban J connectivity index is 3.04. The van der Waals surface area contributed by atoms with Gasteiger partial charge in [0.15, 0.2) is 0 Å². The average Bonchev–Trinajstić information content (AvgIpc) is 2.47. The summed E-state index contributed by atoms with van der Waals surface area (Å²) in [5.41, 5.74) is -0.117. The van der Waals surface area contributed by atoms with E-state index < -0.39 is 24.3 Å². The van der Waals surface area contributed by atoms with E-state index in [2.05, 4.69) is 0 Å². The second-order valence-corrected chi connectivity index (χ2v) is 6.75. The van der Waals surface area contributed by atoms with Crippen molar-refractivity contribution in [3.8, 4) is 5.75 Å². The minimum Gasteiger partial charge on any atom is -0.448 e. The number of nitro groups is 1. The van der Waals surface area contributed by atoms with Crippen molar-refractivity contribution in [1.82, 2.24) is 0 Å². The first-order chi connectivity index (χ1) is 10.8. The third-order valence-corrected chi connectivity index (χ3v) is 4.93. The SMILES string of the molecule is CCCC(OC(C)=O)P(=O)(OCC)Oc1ccc([N+](=O)[O-])cc1. The van der Waals surface area contributed by atoms with Gasteiger partial charge in [0, 0.05) is 19.1 Å².